The summed E-state index contributed by atoms with van der Waals surface area (Å²) in [4.78, 5) is 0. The second kappa shape index (κ2) is 7.61. The van der Waals surface area contributed by atoms with E-state index >= 15 is 0 Å². The van der Waals surface area contributed by atoms with Crippen molar-refractivity contribution in [1.82, 2.24) is 5.43 Å². The van der Waals surface area contributed by atoms with Crippen molar-refractivity contribution in [3.63, 3.8) is 0 Å². The summed E-state index contributed by atoms with van der Waals surface area (Å²) in [5.41, 5.74) is 2.83. The number of nitrogens with one attached hydrogen (secondary N) is 1. The summed E-state index contributed by atoms with van der Waals surface area (Å²) in [6, 6.07) is 5.00. The molecule has 0 amide bonds. The highest BCUT2D eigenvalue weighted by atomic mass is 19.4. The SMILES string of the molecule is CCOC(CC)C(Cc1ccc(C(F)(F)F)cc1)NN. The molecule has 3 nitrogen and oxygen atoms in total. The molecule has 1 aromatic rings. The van der Waals surface area contributed by atoms with Crippen LogP contribution in [-0.2, 0) is 17.3 Å². The second-order valence-electron chi connectivity index (χ2n) is 4.57. The largest absolute Gasteiger partial charge is 0.416 e. The van der Waals surface area contributed by atoms with E-state index in [0.29, 0.717) is 13.0 Å². The van der Waals surface area contributed by atoms with Crippen LogP contribution in [0.15, 0.2) is 24.3 Å². The Morgan fingerprint density at radius 1 is 1.20 bits per heavy atom. The molecule has 20 heavy (non-hydrogen) atoms. The van der Waals surface area contributed by atoms with Crippen LogP contribution in [0.25, 0.3) is 0 Å². The maximum atomic E-state index is 12.5. The number of ether oxygens (including phenoxy) is 1. The van der Waals surface area contributed by atoms with E-state index < -0.39 is 11.7 Å². The average Bonchev–Trinajstić information content (AvgIpc) is 2.42. The van der Waals surface area contributed by atoms with Crippen molar-refractivity contribution < 1.29 is 17.9 Å². The van der Waals surface area contributed by atoms with Crippen molar-refractivity contribution in [1.29, 1.82) is 0 Å². The van der Waals surface area contributed by atoms with Gasteiger partial charge in [-0.3, -0.25) is 11.3 Å². The Morgan fingerprint density at radius 2 is 1.80 bits per heavy atom. The van der Waals surface area contributed by atoms with E-state index in [4.69, 9.17) is 10.6 Å². The highest BCUT2D eigenvalue weighted by Crippen LogP contribution is 2.29. The molecule has 0 aliphatic carbocycles. The van der Waals surface area contributed by atoms with Crippen LogP contribution in [0.2, 0.25) is 0 Å². The monoisotopic (exact) mass is 290 g/mol. The van der Waals surface area contributed by atoms with Gasteiger partial charge in [0, 0.05) is 6.61 Å². The van der Waals surface area contributed by atoms with Crippen LogP contribution < -0.4 is 11.3 Å². The molecule has 1 aromatic carbocycles. The Labute approximate surface area is 117 Å². The van der Waals surface area contributed by atoms with E-state index in [1.165, 1.54) is 12.1 Å². The van der Waals surface area contributed by atoms with E-state index in [1.54, 1.807) is 0 Å². The van der Waals surface area contributed by atoms with Gasteiger partial charge >= 0.3 is 6.18 Å². The first-order chi connectivity index (χ1) is 9.42. The van der Waals surface area contributed by atoms with Gasteiger partial charge in [-0.05, 0) is 37.5 Å². The Bertz CT molecular complexity index is 392. The second-order valence-corrected chi connectivity index (χ2v) is 4.57. The summed E-state index contributed by atoms with van der Waals surface area (Å²) in [5.74, 6) is 5.52. The first-order valence-corrected chi connectivity index (χ1v) is 6.66. The molecule has 1 rings (SSSR count). The summed E-state index contributed by atoms with van der Waals surface area (Å²) >= 11 is 0. The molecule has 6 heteroatoms. The van der Waals surface area contributed by atoms with Gasteiger partial charge in [0.1, 0.15) is 0 Å². The first-order valence-electron chi connectivity index (χ1n) is 6.66. The van der Waals surface area contributed by atoms with Gasteiger partial charge in [0.25, 0.3) is 0 Å². The van der Waals surface area contributed by atoms with Crippen LogP contribution in [0.3, 0.4) is 0 Å². The third-order valence-electron chi connectivity index (χ3n) is 3.18. The summed E-state index contributed by atoms with van der Waals surface area (Å²) in [5, 5.41) is 0. The lowest BCUT2D eigenvalue weighted by Crippen LogP contribution is -2.46. The molecule has 114 valence electrons. The molecule has 0 fully saturated rings. The van der Waals surface area contributed by atoms with Crippen LogP contribution in [0, 0.1) is 0 Å². The summed E-state index contributed by atoms with van der Waals surface area (Å²) < 4.78 is 43.0. The van der Waals surface area contributed by atoms with Gasteiger partial charge in [-0.25, -0.2) is 0 Å². The Balaban J connectivity index is 2.75. The number of hydrogen-bond donors (Lipinski definition) is 2. The summed E-state index contributed by atoms with van der Waals surface area (Å²) in [7, 11) is 0. The van der Waals surface area contributed by atoms with Gasteiger partial charge in [-0.15, -0.1) is 0 Å². The normalized spacial score (nSPS) is 15.1. The molecule has 0 radical (unpaired) electrons. The molecule has 0 heterocycles. The van der Waals surface area contributed by atoms with E-state index in [-0.39, 0.29) is 12.1 Å². The van der Waals surface area contributed by atoms with E-state index in [1.807, 2.05) is 13.8 Å². The zero-order valence-corrected chi connectivity index (χ0v) is 11.7. The van der Waals surface area contributed by atoms with Crippen molar-refractivity contribution in [2.45, 2.75) is 45.0 Å². The number of halogens is 3. The first kappa shape index (κ1) is 16.9. The number of hydrazine groups is 1. The van der Waals surface area contributed by atoms with E-state index in [0.717, 1.165) is 24.1 Å². The van der Waals surface area contributed by atoms with E-state index in [2.05, 4.69) is 5.43 Å². The van der Waals surface area contributed by atoms with Gasteiger partial charge in [0.15, 0.2) is 0 Å². The number of rotatable bonds is 7. The summed E-state index contributed by atoms with van der Waals surface area (Å²) in [6.45, 7) is 4.45. The molecule has 0 bridgehead atoms. The van der Waals surface area contributed by atoms with Crippen LogP contribution in [-0.4, -0.2) is 18.8 Å². The molecule has 2 unspecified atom stereocenters. The van der Waals surface area contributed by atoms with Gasteiger partial charge < -0.3 is 4.74 Å². The number of alkyl halides is 3. The fourth-order valence-electron chi connectivity index (χ4n) is 2.11. The van der Waals surface area contributed by atoms with Crippen molar-refractivity contribution in [3.05, 3.63) is 35.4 Å². The average molecular weight is 290 g/mol. The topological polar surface area (TPSA) is 47.3 Å². The Hall–Kier alpha value is -1.11. The van der Waals surface area contributed by atoms with Crippen LogP contribution >= 0.6 is 0 Å². The highest BCUT2D eigenvalue weighted by Gasteiger charge is 2.30. The zero-order chi connectivity index (χ0) is 15.2. The van der Waals surface area contributed by atoms with Gasteiger partial charge in [0.2, 0.25) is 0 Å². The van der Waals surface area contributed by atoms with Crippen LogP contribution in [0.4, 0.5) is 13.2 Å². The van der Waals surface area contributed by atoms with Crippen molar-refractivity contribution in [2.75, 3.05) is 6.61 Å². The lowest BCUT2D eigenvalue weighted by molar-refractivity contribution is -0.137. The fraction of sp³-hybridized carbons (Fsp3) is 0.571. The van der Waals surface area contributed by atoms with Crippen molar-refractivity contribution >= 4 is 0 Å². The zero-order valence-electron chi connectivity index (χ0n) is 11.7. The maximum Gasteiger partial charge on any atom is 0.416 e. The van der Waals surface area contributed by atoms with Crippen molar-refractivity contribution in [3.8, 4) is 0 Å². The third kappa shape index (κ3) is 4.77. The number of benzene rings is 1. The molecule has 0 spiro atoms. The molecule has 3 N–H and O–H groups in total. The minimum atomic E-state index is -4.30. The Kier molecular flexibility index (Phi) is 6.45. The minimum absolute atomic E-state index is 0.0627. The number of nitrogens with two attached hydrogens (primary N) is 1. The summed E-state index contributed by atoms with van der Waals surface area (Å²) in [6.07, 6.45) is -3.06. The molecule has 0 saturated heterocycles. The van der Waals surface area contributed by atoms with Crippen LogP contribution in [0.5, 0.6) is 0 Å². The maximum absolute atomic E-state index is 12.5. The molecular formula is C14H21F3N2O. The fourth-order valence-corrected chi connectivity index (χ4v) is 2.11. The van der Waals surface area contributed by atoms with Gasteiger partial charge in [-0.2, -0.15) is 13.2 Å². The molecule has 0 aliphatic heterocycles. The molecule has 2 atom stereocenters. The third-order valence-corrected chi connectivity index (χ3v) is 3.18. The Morgan fingerprint density at radius 3 is 2.20 bits per heavy atom. The smallest absolute Gasteiger partial charge is 0.377 e. The number of hydrogen-bond acceptors (Lipinski definition) is 3. The molecule has 0 aromatic heterocycles. The predicted molar refractivity (Wildman–Crippen MR) is 72.0 cm³/mol. The lowest BCUT2D eigenvalue weighted by Gasteiger charge is -2.25. The standard InChI is InChI=1S/C14H21F3N2O/c1-3-13(20-4-2)12(19-18)9-10-5-7-11(8-6-10)14(15,16)17/h5-8,12-13,19H,3-4,9,18H2,1-2H3. The molecule has 0 aliphatic rings. The lowest BCUT2D eigenvalue weighted by atomic mass is 9.99. The van der Waals surface area contributed by atoms with Crippen molar-refractivity contribution in [2.24, 2.45) is 5.84 Å². The highest BCUT2D eigenvalue weighted by molar-refractivity contribution is 5.25. The van der Waals surface area contributed by atoms with Crippen LogP contribution in [0.1, 0.15) is 31.4 Å². The molecule has 0 saturated carbocycles. The quantitative estimate of drug-likeness (QED) is 0.599. The minimum Gasteiger partial charge on any atom is -0.377 e. The van der Waals surface area contributed by atoms with Gasteiger partial charge in [-0.1, -0.05) is 19.1 Å². The predicted octanol–water partition coefficient (Wildman–Crippen LogP) is 2.89. The van der Waals surface area contributed by atoms with E-state index in [9.17, 15) is 13.2 Å². The van der Waals surface area contributed by atoms with Gasteiger partial charge in [0.05, 0.1) is 17.7 Å². The molecular weight excluding hydrogens is 269 g/mol.